The molecule has 3 aromatic rings. The van der Waals surface area contributed by atoms with Gasteiger partial charge in [0.05, 0.1) is 11.1 Å². The van der Waals surface area contributed by atoms with Gasteiger partial charge in [0, 0.05) is 38.8 Å². The number of benzene rings is 1. The second-order valence-electron chi connectivity index (χ2n) is 9.59. The summed E-state index contributed by atoms with van der Waals surface area (Å²) in [6.07, 6.45) is 0.401. The fourth-order valence-electron chi connectivity index (χ4n) is 4.95. The Morgan fingerprint density at radius 2 is 1.94 bits per heavy atom. The van der Waals surface area contributed by atoms with Gasteiger partial charge in [-0.1, -0.05) is 0 Å². The minimum Gasteiger partial charge on any atom is -0.491 e. The van der Waals surface area contributed by atoms with E-state index in [2.05, 4.69) is 21.7 Å². The lowest BCUT2D eigenvalue weighted by atomic mass is 10.1. The smallest absolute Gasteiger partial charge is 0.164 e. The van der Waals surface area contributed by atoms with Crippen LogP contribution in [-0.2, 0) is 14.2 Å². The number of nitrogens with zero attached hydrogens (tertiary/aromatic N) is 5. The maximum absolute atomic E-state index is 6.48. The Kier molecular flexibility index (Phi) is 6.19. The van der Waals surface area contributed by atoms with Gasteiger partial charge in [0.25, 0.3) is 0 Å². The Balaban J connectivity index is 1.41. The van der Waals surface area contributed by atoms with Crippen LogP contribution in [-0.4, -0.2) is 78.9 Å². The van der Waals surface area contributed by atoms with Crippen LogP contribution >= 0.6 is 0 Å². The van der Waals surface area contributed by atoms with Gasteiger partial charge in [-0.15, -0.1) is 0 Å². The maximum atomic E-state index is 6.48. The van der Waals surface area contributed by atoms with Crippen LogP contribution in [0.4, 0.5) is 11.6 Å². The first kappa shape index (κ1) is 24.2. The van der Waals surface area contributed by atoms with E-state index in [1.807, 2.05) is 73.9 Å². The van der Waals surface area contributed by atoms with Gasteiger partial charge in [0.1, 0.15) is 48.1 Å². The number of aromatic nitrogens is 2. The van der Waals surface area contributed by atoms with Crippen LogP contribution in [0, 0.1) is 0 Å². The molecule has 0 amide bonds. The van der Waals surface area contributed by atoms with Crippen molar-refractivity contribution in [2.75, 3.05) is 33.5 Å². The van der Waals surface area contributed by atoms with Gasteiger partial charge in [-0.25, -0.2) is 9.98 Å². The highest BCUT2D eigenvalue weighted by Crippen LogP contribution is 2.45. The van der Waals surface area contributed by atoms with Crippen LogP contribution in [0.3, 0.4) is 0 Å². The first-order chi connectivity index (χ1) is 17.2. The van der Waals surface area contributed by atoms with Crippen LogP contribution < -0.4 is 10.5 Å². The summed E-state index contributed by atoms with van der Waals surface area (Å²) in [5.41, 5.74) is 7.48. The third-order valence-corrected chi connectivity index (χ3v) is 6.41. The van der Waals surface area contributed by atoms with Gasteiger partial charge >= 0.3 is 0 Å². The Hall–Kier alpha value is -3.47. The number of pyridine rings is 1. The molecule has 4 atom stereocenters. The highest BCUT2D eigenvalue weighted by Gasteiger charge is 2.56. The largest absolute Gasteiger partial charge is 0.491 e. The quantitative estimate of drug-likeness (QED) is 0.415. The molecule has 190 valence electrons. The monoisotopic (exact) mass is 492 g/mol. The van der Waals surface area contributed by atoms with E-state index in [0.717, 1.165) is 22.3 Å². The Labute approximate surface area is 210 Å². The second-order valence-corrected chi connectivity index (χ2v) is 9.59. The highest BCUT2D eigenvalue weighted by atomic mass is 16.8. The summed E-state index contributed by atoms with van der Waals surface area (Å²) >= 11 is 0. The summed E-state index contributed by atoms with van der Waals surface area (Å²) in [5.74, 6) is 1.83. The van der Waals surface area contributed by atoms with E-state index in [9.17, 15) is 0 Å². The molecular formula is C26H32N6O4. The van der Waals surface area contributed by atoms with Crippen LogP contribution in [0.25, 0.3) is 10.9 Å². The topological polar surface area (TPSA) is 109 Å². The van der Waals surface area contributed by atoms with Gasteiger partial charge in [0.15, 0.2) is 12.0 Å². The minimum absolute atomic E-state index is 0.273. The lowest BCUT2D eigenvalue weighted by Gasteiger charge is -2.25. The zero-order valence-corrected chi connectivity index (χ0v) is 21.2. The molecule has 36 heavy (non-hydrogen) atoms. The number of nitrogen functional groups attached to an aromatic ring is 1. The zero-order valence-electron chi connectivity index (χ0n) is 21.2. The minimum atomic E-state index is -0.753. The summed E-state index contributed by atoms with van der Waals surface area (Å²) in [4.78, 5) is 15.0. The predicted octanol–water partition coefficient (Wildman–Crippen LogP) is 3.39. The number of amidine groups is 1. The van der Waals surface area contributed by atoms with Crippen molar-refractivity contribution in [1.29, 1.82) is 0 Å². The van der Waals surface area contributed by atoms with Gasteiger partial charge in [-0.2, -0.15) is 0 Å². The van der Waals surface area contributed by atoms with Crippen molar-refractivity contribution in [3.05, 3.63) is 48.2 Å². The molecule has 10 heteroatoms. The average molecular weight is 493 g/mol. The molecular weight excluding hydrogens is 460 g/mol. The number of hydrogen-bond donors (Lipinski definition) is 1. The number of fused-ring (bicyclic) bond motifs is 2. The summed E-state index contributed by atoms with van der Waals surface area (Å²) in [6, 6.07) is 11.4. The summed E-state index contributed by atoms with van der Waals surface area (Å²) in [6.45, 7) is 7.88. The lowest BCUT2D eigenvalue weighted by molar-refractivity contribution is -0.199. The van der Waals surface area contributed by atoms with Crippen molar-refractivity contribution in [2.45, 2.75) is 44.2 Å². The van der Waals surface area contributed by atoms with Crippen LogP contribution in [0.1, 0.15) is 25.6 Å². The van der Waals surface area contributed by atoms with Crippen molar-refractivity contribution in [1.82, 2.24) is 14.5 Å². The average Bonchev–Trinajstić information content (AvgIpc) is 3.48. The molecule has 2 saturated heterocycles. The molecule has 2 fully saturated rings. The summed E-state index contributed by atoms with van der Waals surface area (Å²) < 4.78 is 27.1. The molecule has 10 nitrogen and oxygen atoms in total. The molecule has 0 radical (unpaired) electrons. The molecule has 2 aliphatic rings. The normalized spacial score (nSPS) is 25.2. The number of anilines is 1. The van der Waals surface area contributed by atoms with Crippen LogP contribution in [0.2, 0.25) is 0 Å². The molecule has 0 aliphatic carbocycles. The maximum Gasteiger partial charge on any atom is 0.164 e. The van der Waals surface area contributed by atoms with Crippen molar-refractivity contribution >= 4 is 35.1 Å². The lowest BCUT2D eigenvalue weighted by Crippen LogP contribution is -2.33. The first-order valence-corrected chi connectivity index (χ1v) is 11.8. The Bertz CT molecular complexity index is 1320. The molecule has 2 aliphatic heterocycles. The van der Waals surface area contributed by atoms with Gasteiger partial charge in [0.2, 0.25) is 0 Å². The molecule has 0 bridgehead atoms. The van der Waals surface area contributed by atoms with Crippen LogP contribution in [0.15, 0.2) is 52.6 Å². The first-order valence-electron chi connectivity index (χ1n) is 11.8. The molecule has 2 N–H and O–H groups in total. The van der Waals surface area contributed by atoms with E-state index in [4.69, 9.17) is 24.7 Å². The van der Waals surface area contributed by atoms with E-state index < -0.39 is 12.0 Å². The van der Waals surface area contributed by atoms with Crippen molar-refractivity contribution < 1.29 is 18.9 Å². The second kappa shape index (κ2) is 9.20. The third kappa shape index (κ3) is 4.32. The van der Waals surface area contributed by atoms with Crippen LogP contribution in [0.5, 0.6) is 5.75 Å². The number of ether oxygens (including phenoxy) is 4. The third-order valence-electron chi connectivity index (χ3n) is 6.41. The van der Waals surface area contributed by atoms with E-state index in [1.165, 1.54) is 0 Å². The molecule has 2 aromatic heterocycles. The summed E-state index contributed by atoms with van der Waals surface area (Å²) in [5, 5.41) is 0.989. The number of aliphatic imine (C=N–C) groups is 2. The fraction of sp³-hybridized carbons (Fsp3) is 0.423. The molecule has 0 spiro atoms. The molecule has 0 saturated carbocycles. The zero-order chi connectivity index (χ0) is 25.6. The standard InChI is InChI=1S/C26H32N6O4/c1-26(2)35-21-19(14-33-16-9-7-15-8-10-20(27)30-18(15)13-16)34-25(22(21)36-26)32-12-11-17(24(32)29-4)23(28-3)31(5)6/h7-13,19,21-22,25H,4,14H2,1-3,5-6H3,(H2,27,30)/t19-,21-,22-,25-/m1/s1. The van der Waals surface area contributed by atoms with E-state index in [-0.39, 0.29) is 24.9 Å². The number of rotatable bonds is 6. The van der Waals surface area contributed by atoms with E-state index >= 15 is 0 Å². The molecule has 5 rings (SSSR count). The van der Waals surface area contributed by atoms with Gasteiger partial charge < -0.3 is 34.1 Å². The number of hydrogen-bond acceptors (Lipinski definition) is 8. The van der Waals surface area contributed by atoms with Crippen molar-refractivity contribution in [2.24, 2.45) is 9.98 Å². The Morgan fingerprint density at radius 3 is 2.67 bits per heavy atom. The van der Waals surface area contributed by atoms with E-state index in [1.54, 1.807) is 13.1 Å². The van der Waals surface area contributed by atoms with Gasteiger partial charge in [-0.05, 0) is 50.9 Å². The van der Waals surface area contributed by atoms with E-state index in [0.29, 0.717) is 17.4 Å². The Morgan fingerprint density at radius 1 is 1.19 bits per heavy atom. The molecule has 0 unspecified atom stereocenters. The number of nitrogens with two attached hydrogens (primary N) is 1. The molecule has 4 heterocycles. The predicted molar refractivity (Wildman–Crippen MR) is 139 cm³/mol. The highest BCUT2D eigenvalue weighted by molar-refractivity contribution is 6.02. The summed E-state index contributed by atoms with van der Waals surface area (Å²) in [7, 11) is 5.63. The SMILES string of the molecule is C=Nc1c(C(=NC)N(C)C)ccn1[C@@H]1O[C@H](COc2ccc3ccc(N)nc3c2)[C@H]2OC(C)(C)O[C@H]21. The fourth-order valence-corrected chi connectivity index (χ4v) is 4.95. The van der Waals surface area contributed by atoms with Gasteiger partial charge in [-0.3, -0.25) is 4.99 Å². The van der Waals surface area contributed by atoms with Crippen molar-refractivity contribution in [3.63, 3.8) is 0 Å². The molecule has 1 aromatic carbocycles. The van der Waals surface area contributed by atoms with Crippen molar-refractivity contribution in [3.8, 4) is 5.75 Å².